The molecule has 3 nitrogen and oxygen atoms in total. The van der Waals surface area contributed by atoms with Gasteiger partial charge in [-0.05, 0) is 51.0 Å². The number of ether oxygens (including phenoxy) is 1. The molecular weight excluding hydrogens is 322 g/mol. The monoisotopic (exact) mass is 357 g/mol. The molecule has 0 spiro atoms. The Balaban J connectivity index is 3.49. The highest BCUT2D eigenvalue weighted by Crippen LogP contribution is 2.10. The molecule has 0 aromatic rings. The first-order valence-electron chi connectivity index (χ1n) is 9.81. The van der Waals surface area contributed by atoms with Crippen LogP contribution in [0.5, 0.6) is 0 Å². The summed E-state index contributed by atoms with van der Waals surface area (Å²) in [7, 11) is 0. The van der Waals surface area contributed by atoms with Crippen LogP contribution in [-0.4, -0.2) is 12.1 Å². The van der Waals surface area contributed by atoms with Gasteiger partial charge in [0.1, 0.15) is 6.07 Å². The van der Waals surface area contributed by atoms with Crippen molar-refractivity contribution < 1.29 is 9.53 Å². The summed E-state index contributed by atoms with van der Waals surface area (Å²) in [5, 5.41) is 8.85. The third kappa shape index (κ3) is 15.4. The van der Waals surface area contributed by atoms with Gasteiger partial charge in [0.05, 0.1) is 0 Å². The van der Waals surface area contributed by atoms with E-state index in [4.69, 9.17) is 10.00 Å². The summed E-state index contributed by atoms with van der Waals surface area (Å²) >= 11 is 0. The molecule has 0 aliphatic carbocycles. The van der Waals surface area contributed by atoms with Gasteiger partial charge >= 0.3 is 5.97 Å². The molecule has 1 atom stereocenters. The third-order valence-electron chi connectivity index (χ3n) is 3.85. The van der Waals surface area contributed by atoms with E-state index in [-0.39, 0.29) is 5.97 Å². The molecule has 0 bridgehead atoms. The Morgan fingerprint density at radius 2 is 1.58 bits per heavy atom. The van der Waals surface area contributed by atoms with E-state index in [0.29, 0.717) is 12.0 Å². The predicted octanol–water partition coefficient (Wildman–Crippen LogP) is 6.59. The zero-order valence-electron chi connectivity index (χ0n) is 16.6. The van der Waals surface area contributed by atoms with Crippen molar-refractivity contribution in [2.24, 2.45) is 0 Å². The fourth-order valence-electron chi connectivity index (χ4n) is 2.32. The molecule has 0 aliphatic rings. The maximum atomic E-state index is 11.6. The molecule has 0 aromatic carbocycles. The van der Waals surface area contributed by atoms with E-state index in [0.717, 1.165) is 44.9 Å². The number of hydrogen-bond donors (Lipinski definition) is 0. The predicted molar refractivity (Wildman–Crippen MR) is 110 cm³/mol. The van der Waals surface area contributed by atoms with Crippen molar-refractivity contribution in [2.75, 3.05) is 0 Å². The van der Waals surface area contributed by atoms with Crippen LogP contribution in [0, 0.1) is 11.3 Å². The quantitative estimate of drug-likeness (QED) is 0.189. The highest BCUT2D eigenvalue weighted by Gasteiger charge is 2.13. The number of rotatable bonds is 15. The van der Waals surface area contributed by atoms with Gasteiger partial charge in [0.2, 0.25) is 6.10 Å². The number of nitriles is 1. The summed E-state index contributed by atoms with van der Waals surface area (Å²) in [5.74, 6) is -0.305. The van der Waals surface area contributed by atoms with Gasteiger partial charge in [-0.2, -0.15) is 5.26 Å². The van der Waals surface area contributed by atoms with Crippen molar-refractivity contribution in [1.29, 1.82) is 5.26 Å². The Labute approximate surface area is 160 Å². The van der Waals surface area contributed by atoms with Crippen LogP contribution in [0.3, 0.4) is 0 Å². The summed E-state index contributed by atoms with van der Waals surface area (Å²) < 4.78 is 5.06. The van der Waals surface area contributed by atoms with Crippen molar-refractivity contribution in [2.45, 2.75) is 84.2 Å². The van der Waals surface area contributed by atoms with Crippen LogP contribution in [0.2, 0.25) is 0 Å². The Bertz CT molecular complexity index is 509. The van der Waals surface area contributed by atoms with Gasteiger partial charge in [-0.15, -0.1) is 0 Å². The Kier molecular flexibility index (Phi) is 16.3. The molecule has 0 rings (SSSR count). The molecule has 0 radical (unpaired) electrons. The molecule has 0 amide bonds. The maximum absolute atomic E-state index is 11.6. The molecule has 0 N–H and O–H groups in total. The lowest BCUT2D eigenvalue weighted by atomic mass is 10.1. The van der Waals surface area contributed by atoms with E-state index in [2.05, 4.69) is 50.0 Å². The average Bonchev–Trinajstić information content (AvgIpc) is 2.62. The van der Waals surface area contributed by atoms with E-state index in [9.17, 15) is 4.79 Å². The topological polar surface area (TPSA) is 50.1 Å². The second-order valence-electron chi connectivity index (χ2n) is 6.45. The summed E-state index contributed by atoms with van der Waals surface area (Å²) in [6.07, 6.45) is 22.5. The molecule has 0 heterocycles. The first-order valence-corrected chi connectivity index (χ1v) is 9.81. The van der Waals surface area contributed by atoms with Gasteiger partial charge in [0.15, 0.2) is 0 Å². The van der Waals surface area contributed by atoms with Crippen molar-refractivity contribution in [3.63, 3.8) is 0 Å². The fourth-order valence-corrected chi connectivity index (χ4v) is 2.32. The summed E-state index contributed by atoms with van der Waals surface area (Å²) in [4.78, 5) is 11.6. The minimum Gasteiger partial charge on any atom is -0.442 e. The van der Waals surface area contributed by atoms with Gasteiger partial charge in [-0.1, -0.05) is 69.2 Å². The lowest BCUT2D eigenvalue weighted by Crippen LogP contribution is -2.16. The number of esters is 1. The van der Waals surface area contributed by atoms with E-state index >= 15 is 0 Å². The lowest BCUT2D eigenvalue weighted by Gasteiger charge is -2.10. The fraction of sp³-hybridized carbons (Fsp3) is 0.565. The van der Waals surface area contributed by atoms with E-state index < -0.39 is 6.10 Å². The first kappa shape index (κ1) is 23.9. The largest absolute Gasteiger partial charge is 0.442 e. The van der Waals surface area contributed by atoms with Gasteiger partial charge in [0.25, 0.3) is 0 Å². The maximum Gasteiger partial charge on any atom is 0.307 e. The molecule has 0 saturated carbocycles. The average molecular weight is 358 g/mol. The zero-order chi connectivity index (χ0) is 19.5. The Hall–Kier alpha value is -2.08. The highest BCUT2D eigenvalue weighted by atomic mass is 16.5. The van der Waals surface area contributed by atoms with E-state index in [1.165, 1.54) is 12.8 Å². The van der Waals surface area contributed by atoms with E-state index in [1.54, 1.807) is 6.92 Å². The van der Waals surface area contributed by atoms with Gasteiger partial charge in [-0.3, -0.25) is 4.79 Å². The van der Waals surface area contributed by atoms with Crippen molar-refractivity contribution in [3.05, 3.63) is 48.6 Å². The van der Waals surface area contributed by atoms with Crippen LogP contribution in [0.15, 0.2) is 48.6 Å². The van der Waals surface area contributed by atoms with Gasteiger partial charge < -0.3 is 4.74 Å². The highest BCUT2D eigenvalue weighted by molar-refractivity contribution is 5.70. The molecule has 0 aliphatic heterocycles. The number of nitrogens with zero attached hydrogens (tertiary/aromatic N) is 1. The molecule has 26 heavy (non-hydrogen) atoms. The number of carbonyl (C=O) groups excluding carboxylic acids is 1. The number of allylic oxidation sites excluding steroid dienone is 6. The molecule has 0 fully saturated rings. The molecule has 144 valence electrons. The Morgan fingerprint density at radius 3 is 2.19 bits per heavy atom. The van der Waals surface area contributed by atoms with E-state index in [1.807, 2.05) is 6.07 Å². The zero-order valence-corrected chi connectivity index (χ0v) is 16.6. The molecule has 0 saturated heterocycles. The number of unbranched alkanes of at least 4 members (excludes halogenated alkanes) is 5. The third-order valence-corrected chi connectivity index (χ3v) is 3.85. The van der Waals surface area contributed by atoms with Gasteiger partial charge in [-0.25, -0.2) is 0 Å². The van der Waals surface area contributed by atoms with Crippen LogP contribution >= 0.6 is 0 Å². The summed E-state index contributed by atoms with van der Waals surface area (Å²) in [6.45, 7) is 7.48. The van der Waals surface area contributed by atoms with Gasteiger partial charge in [0, 0.05) is 6.42 Å². The summed E-state index contributed by atoms with van der Waals surface area (Å²) in [6, 6.07) is 1.93. The molecule has 1 unspecified atom stereocenters. The first-order chi connectivity index (χ1) is 12.6. The SMILES string of the molecule is C=C(C)C(C#N)OC(=O)CCCCCCC/C=C\C/C=C\C/C=C\CC. The van der Waals surface area contributed by atoms with Crippen LogP contribution < -0.4 is 0 Å². The van der Waals surface area contributed by atoms with Crippen LogP contribution in [0.1, 0.15) is 78.1 Å². The molecule has 0 aromatic heterocycles. The van der Waals surface area contributed by atoms with Crippen molar-refractivity contribution >= 4 is 5.97 Å². The number of hydrogen-bond acceptors (Lipinski definition) is 3. The lowest BCUT2D eigenvalue weighted by molar-refractivity contribution is -0.145. The molecular formula is C23H35NO2. The normalized spacial score (nSPS) is 12.7. The Morgan fingerprint density at radius 1 is 1.00 bits per heavy atom. The van der Waals surface area contributed by atoms with Crippen molar-refractivity contribution in [3.8, 4) is 6.07 Å². The summed E-state index contributed by atoms with van der Waals surface area (Å²) in [5.41, 5.74) is 0.567. The molecule has 3 heteroatoms. The second-order valence-corrected chi connectivity index (χ2v) is 6.45. The second kappa shape index (κ2) is 17.7. The minimum atomic E-state index is -0.808. The number of carbonyl (C=O) groups is 1. The minimum absolute atomic E-state index is 0.305. The standard InChI is InChI=1S/C23H35NO2/c1-4-5-6-7-8-9-10-11-12-13-14-15-16-17-18-19-23(25)26-22(20-24)21(2)3/h5-6,8-9,11-12,22H,2,4,7,10,13-19H2,1,3H3/b6-5-,9-8-,12-11-. The van der Waals surface area contributed by atoms with Crippen molar-refractivity contribution in [1.82, 2.24) is 0 Å². The smallest absolute Gasteiger partial charge is 0.307 e. The van der Waals surface area contributed by atoms with Crippen LogP contribution in [-0.2, 0) is 9.53 Å². The van der Waals surface area contributed by atoms with Crippen LogP contribution in [0.4, 0.5) is 0 Å². The van der Waals surface area contributed by atoms with Crippen LogP contribution in [0.25, 0.3) is 0 Å².